The summed E-state index contributed by atoms with van der Waals surface area (Å²) in [6.45, 7) is 4.65. The van der Waals surface area contributed by atoms with Crippen LogP contribution in [0.25, 0.3) is 0 Å². The summed E-state index contributed by atoms with van der Waals surface area (Å²) >= 11 is 0. The van der Waals surface area contributed by atoms with E-state index in [1.165, 1.54) is 5.56 Å². The van der Waals surface area contributed by atoms with Gasteiger partial charge in [0.05, 0.1) is 19.2 Å². The second-order valence-corrected chi connectivity index (χ2v) is 3.64. The first-order valence-corrected chi connectivity index (χ1v) is 5.64. The molecule has 0 aliphatic rings. The van der Waals surface area contributed by atoms with E-state index < -0.39 is 0 Å². The fourth-order valence-electron chi connectivity index (χ4n) is 1.54. The van der Waals surface area contributed by atoms with E-state index in [2.05, 4.69) is 48.3 Å². The Balaban J connectivity index is 2.65. The van der Waals surface area contributed by atoms with Crippen molar-refractivity contribution in [1.82, 2.24) is 5.32 Å². The predicted octanol–water partition coefficient (Wildman–Crippen LogP) is 1.90. The highest BCUT2D eigenvalue weighted by Crippen LogP contribution is 2.13. The molecule has 2 heteroatoms. The molecule has 0 spiro atoms. The fraction of sp³-hybridized carbons (Fsp3) is 0.429. The Morgan fingerprint density at radius 3 is 2.50 bits per heavy atom. The molecule has 0 saturated carbocycles. The van der Waals surface area contributed by atoms with Gasteiger partial charge in [-0.1, -0.05) is 37.1 Å². The van der Waals surface area contributed by atoms with Crippen LogP contribution in [0.2, 0.25) is 0 Å². The van der Waals surface area contributed by atoms with Gasteiger partial charge in [-0.2, -0.15) is 0 Å². The number of hydrogen-bond acceptors (Lipinski definition) is 2. The maximum absolute atomic E-state index is 9.29. The van der Waals surface area contributed by atoms with Gasteiger partial charge in [0.15, 0.2) is 0 Å². The van der Waals surface area contributed by atoms with Crippen LogP contribution in [0, 0.1) is 11.8 Å². The van der Waals surface area contributed by atoms with Crippen molar-refractivity contribution in [3.05, 3.63) is 35.4 Å². The first-order chi connectivity index (χ1) is 7.81. The SMILES string of the molecule is CC#CCN[C@@H](CO)c1ccc(CC)cc1. The zero-order valence-corrected chi connectivity index (χ0v) is 9.96. The first kappa shape index (κ1) is 12.8. The molecule has 0 unspecified atom stereocenters. The topological polar surface area (TPSA) is 32.3 Å². The van der Waals surface area contributed by atoms with E-state index in [1.807, 2.05) is 6.92 Å². The number of aliphatic hydroxyl groups is 1. The maximum atomic E-state index is 9.29. The fourth-order valence-corrected chi connectivity index (χ4v) is 1.54. The smallest absolute Gasteiger partial charge is 0.0626 e. The standard InChI is InChI=1S/C14H19NO/c1-3-5-10-15-14(11-16)13-8-6-12(4-2)7-9-13/h6-9,14-16H,4,10-11H2,1-2H3/t14-/m0/s1. The quantitative estimate of drug-likeness (QED) is 0.738. The van der Waals surface area contributed by atoms with Gasteiger partial charge in [-0.15, -0.1) is 5.92 Å². The average molecular weight is 217 g/mol. The lowest BCUT2D eigenvalue weighted by Gasteiger charge is -2.15. The van der Waals surface area contributed by atoms with Crippen LogP contribution in [0.1, 0.15) is 31.0 Å². The minimum atomic E-state index is -0.0215. The summed E-state index contributed by atoms with van der Waals surface area (Å²) in [7, 11) is 0. The number of rotatable bonds is 5. The van der Waals surface area contributed by atoms with Crippen LogP contribution >= 0.6 is 0 Å². The summed E-state index contributed by atoms with van der Waals surface area (Å²) < 4.78 is 0. The van der Waals surface area contributed by atoms with Gasteiger partial charge < -0.3 is 5.11 Å². The van der Waals surface area contributed by atoms with Crippen molar-refractivity contribution >= 4 is 0 Å². The predicted molar refractivity (Wildman–Crippen MR) is 67.1 cm³/mol. The third-order valence-corrected chi connectivity index (χ3v) is 2.59. The molecule has 0 saturated heterocycles. The molecule has 0 aliphatic carbocycles. The zero-order chi connectivity index (χ0) is 11.8. The second kappa shape index (κ2) is 7.05. The van der Waals surface area contributed by atoms with Crippen LogP contribution in [0.5, 0.6) is 0 Å². The van der Waals surface area contributed by atoms with E-state index in [-0.39, 0.29) is 12.6 Å². The summed E-state index contributed by atoms with van der Waals surface area (Å²) in [5.41, 5.74) is 2.42. The molecule has 16 heavy (non-hydrogen) atoms. The van der Waals surface area contributed by atoms with Gasteiger partial charge in [0.25, 0.3) is 0 Å². The van der Waals surface area contributed by atoms with Crippen LogP contribution in [0.4, 0.5) is 0 Å². The third kappa shape index (κ3) is 3.69. The summed E-state index contributed by atoms with van der Waals surface area (Å²) in [4.78, 5) is 0. The van der Waals surface area contributed by atoms with E-state index >= 15 is 0 Å². The van der Waals surface area contributed by atoms with Gasteiger partial charge in [0.2, 0.25) is 0 Å². The highest BCUT2D eigenvalue weighted by Gasteiger charge is 2.07. The Bertz CT molecular complexity index is 359. The number of hydrogen-bond donors (Lipinski definition) is 2. The largest absolute Gasteiger partial charge is 0.394 e. The molecule has 0 aliphatic heterocycles. The molecule has 1 aromatic rings. The van der Waals surface area contributed by atoms with Crippen molar-refractivity contribution in [2.24, 2.45) is 0 Å². The van der Waals surface area contributed by atoms with Crippen molar-refractivity contribution < 1.29 is 5.11 Å². The van der Waals surface area contributed by atoms with Gasteiger partial charge in [0, 0.05) is 0 Å². The highest BCUT2D eigenvalue weighted by atomic mass is 16.3. The highest BCUT2D eigenvalue weighted by molar-refractivity contribution is 5.25. The van der Waals surface area contributed by atoms with Crippen molar-refractivity contribution in [1.29, 1.82) is 0 Å². The molecule has 2 nitrogen and oxygen atoms in total. The number of aliphatic hydroxyl groups excluding tert-OH is 1. The summed E-state index contributed by atoms with van der Waals surface area (Å²) in [5, 5.41) is 12.5. The van der Waals surface area contributed by atoms with Crippen molar-refractivity contribution in [2.45, 2.75) is 26.3 Å². The molecule has 1 rings (SSSR count). The monoisotopic (exact) mass is 217 g/mol. The maximum Gasteiger partial charge on any atom is 0.0626 e. The Kier molecular flexibility index (Phi) is 5.63. The van der Waals surface area contributed by atoms with E-state index in [1.54, 1.807) is 0 Å². The Morgan fingerprint density at radius 1 is 1.31 bits per heavy atom. The molecule has 0 bridgehead atoms. The molecular formula is C14H19NO. The lowest BCUT2D eigenvalue weighted by Crippen LogP contribution is -2.24. The summed E-state index contributed by atoms with van der Waals surface area (Å²) in [6, 6.07) is 8.31. The van der Waals surface area contributed by atoms with Crippen molar-refractivity contribution in [3.63, 3.8) is 0 Å². The average Bonchev–Trinajstić information content (AvgIpc) is 2.35. The minimum absolute atomic E-state index is 0.0215. The van der Waals surface area contributed by atoms with Crippen molar-refractivity contribution in [3.8, 4) is 11.8 Å². The number of nitrogens with one attached hydrogen (secondary N) is 1. The molecule has 2 N–H and O–H groups in total. The van der Waals surface area contributed by atoms with E-state index in [0.717, 1.165) is 12.0 Å². The molecule has 0 amide bonds. The number of benzene rings is 1. The second-order valence-electron chi connectivity index (χ2n) is 3.64. The van der Waals surface area contributed by atoms with Crippen LogP contribution in [0.15, 0.2) is 24.3 Å². The molecule has 86 valence electrons. The van der Waals surface area contributed by atoms with Gasteiger partial charge in [-0.25, -0.2) is 0 Å². The molecule has 0 heterocycles. The summed E-state index contributed by atoms with van der Waals surface area (Å²) in [5.74, 6) is 5.76. The van der Waals surface area contributed by atoms with Gasteiger partial charge in [-0.05, 0) is 24.5 Å². The molecule has 0 aromatic heterocycles. The minimum Gasteiger partial charge on any atom is -0.394 e. The molecule has 0 radical (unpaired) electrons. The third-order valence-electron chi connectivity index (χ3n) is 2.59. The lowest BCUT2D eigenvalue weighted by molar-refractivity contribution is 0.248. The van der Waals surface area contributed by atoms with E-state index in [4.69, 9.17) is 0 Å². The lowest BCUT2D eigenvalue weighted by atomic mass is 10.0. The first-order valence-electron chi connectivity index (χ1n) is 5.64. The summed E-state index contributed by atoms with van der Waals surface area (Å²) in [6.07, 6.45) is 1.04. The van der Waals surface area contributed by atoms with Crippen molar-refractivity contribution in [2.75, 3.05) is 13.2 Å². The normalized spacial score (nSPS) is 11.7. The Morgan fingerprint density at radius 2 is 2.00 bits per heavy atom. The van der Waals surface area contributed by atoms with Gasteiger partial charge >= 0.3 is 0 Å². The molecule has 1 atom stereocenters. The van der Waals surface area contributed by atoms with E-state index in [0.29, 0.717) is 6.54 Å². The Hall–Kier alpha value is -1.30. The number of aryl methyl sites for hydroxylation is 1. The zero-order valence-electron chi connectivity index (χ0n) is 9.96. The molecule has 0 fully saturated rings. The van der Waals surface area contributed by atoms with Gasteiger partial charge in [0.1, 0.15) is 0 Å². The van der Waals surface area contributed by atoms with E-state index in [9.17, 15) is 5.11 Å². The molecule has 1 aromatic carbocycles. The van der Waals surface area contributed by atoms with Crippen LogP contribution < -0.4 is 5.32 Å². The Labute approximate surface area is 97.7 Å². The van der Waals surface area contributed by atoms with Crippen LogP contribution in [-0.2, 0) is 6.42 Å². The molecular weight excluding hydrogens is 198 g/mol. The van der Waals surface area contributed by atoms with Gasteiger partial charge in [-0.3, -0.25) is 5.32 Å². The van der Waals surface area contributed by atoms with Crippen LogP contribution in [0.3, 0.4) is 0 Å². The van der Waals surface area contributed by atoms with Crippen LogP contribution in [-0.4, -0.2) is 18.3 Å².